The lowest BCUT2D eigenvalue weighted by molar-refractivity contribution is -0.122. The predicted octanol–water partition coefficient (Wildman–Crippen LogP) is 3.00. The topological polar surface area (TPSA) is 88.6 Å². The summed E-state index contributed by atoms with van der Waals surface area (Å²) in [5.74, 6) is -0.368. The van der Waals surface area contributed by atoms with E-state index in [1.165, 1.54) is 0 Å². The second-order valence-corrected chi connectivity index (χ2v) is 6.52. The first-order valence-corrected chi connectivity index (χ1v) is 8.54. The second-order valence-electron chi connectivity index (χ2n) is 5.74. The van der Waals surface area contributed by atoms with Crippen molar-refractivity contribution in [3.63, 3.8) is 0 Å². The first-order chi connectivity index (χ1) is 11.5. The van der Waals surface area contributed by atoms with Gasteiger partial charge in [0, 0.05) is 19.0 Å². The Morgan fingerprint density at radius 2 is 1.88 bits per heavy atom. The van der Waals surface area contributed by atoms with Gasteiger partial charge < -0.3 is 20.4 Å². The van der Waals surface area contributed by atoms with Gasteiger partial charge in [0.25, 0.3) is 5.91 Å². The van der Waals surface area contributed by atoms with Crippen LogP contribution in [-0.4, -0.2) is 24.9 Å². The van der Waals surface area contributed by atoms with Crippen molar-refractivity contribution in [2.24, 2.45) is 11.7 Å². The lowest BCUT2D eigenvalue weighted by Crippen LogP contribution is -2.38. The van der Waals surface area contributed by atoms with Gasteiger partial charge in [-0.3, -0.25) is 9.59 Å². The van der Waals surface area contributed by atoms with Gasteiger partial charge in [-0.05, 0) is 53.0 Å². The molecule has 0 aliphatic carbocycles. The number of nitrogens with one attached hydrogen (secondary N) is 1. The van der Waals surface area contributed by atoms with Gasteiger partial charge in [-0.2, -0.15) is 0 Å². The number of hydrogen-bond donors (Lipinski definition) is 2. The fourth-order valence-corrected chi connectivity index (χ4v) is 3.19. The summed E-state index contributed by atoms with van der Waals surface area (Å²) in [6.07, 6.45) is 1.45. The molecule has 1 fully saturated rings. The van der Waals surface area contributed by atoms with Gasteiger partial charge in [0.05, 0.1) is 11.4 Å². The van der Waals surface area contributed by atoms with Crippen LogP contribution in [0.3, 0.4) is 0 Å². The number of nitrogens with zero attached hydrogens (tertiary/aromatic N) is 1. The van der Waals surface area contributed by atoms with Crippen LogP contribution in [0.25, 0.3) is 0 Å². The normalized spacial score (nSPS) is 15.3. The van der Waals surface area contributed by atoms with E-state index in [0.717, 1.165) is 31.6 Å². The summed E-state index contributed by atoms with van der Waals surface area (Å²) in [6.45, 7) is 1.46. The molecule has 1 aromatic heterocycles. The zero-order valence-electron chi connectivity index (χ0n) is 13.0. The average molecular weight is 392 g/mol. The third-order valence-corrected chi connectivity index (χ3v) is 4.61. The molecule has 0 bridgehead atoms. The number of amides is 2. The first kappa shape index (κ1) is 16.6. The number of benzene rings is 1. The molecule has 126 valence electrons. The Hall–Kier alpha value is -2.28. The molecule has 1 aliphatic heterocycles. The van der Waals surface area contributed by atoms with E-state index < -0.39 is 0 Å². The Bertz CT molecular complexity index is 751. The zero-order chi connectivity index (χ0) is 17.1. The molecule has 1 saturated heterocycles. The smallest absolute Gasteiger partial charge is 0.291 e. The van der Waals surface area contributed by atoms with Gasteiger partial charge in [0.2, 0.25) is 5.91 Å². The van der Waals surface area contributed by atoms with Crippen molar-refractivity contribution in [1.29, 1.82) is 0 Å². The fourth-order valence-electron chi connectivity index (χ4n) is 2.88. The van der Waals surface area contributed by atoms with Crippen molar-refractivity contribution < 1.29 is 14.0 Å². The van der Waals surface area contributed by atoms with Crippen molar-refractivity contribution in [2.75, 3.05) is 23.3 Å². The first-order valence-electron chi connectivity index (χ1n) is 7.74. The Morgan fingerprint density at radius 3 is 2.50 bits per heavy atom. The average Bonchev–Trinajstić information content (AvgIpc) is 3.02. The summed E-state index contributed by atoms with van der Waals surface area (Å²) in [4.78, 5) is 25.8. The minimum atomic E-state index is -0.305. The van der Waals surface area contributed by atoms with Crippen LogP contribution in [-0.2, 0) is 4.79 Å². The van der Waals surface area contributed by atoms with Crippen LogP contribution >= 0.6 is 15.9 Å². The highest BCUT2D eigenvalue weighted by atomic mass is 79.9. The monoisotopic (exact) mass is 391 g/mol. The van der Waals surface area contributed by atoms with Crippen molar-refractivity contribution in [3.05, 3.63) is 46.8 Å². The lowest BCUT2D eigenvalue weighted by atomic mass is 9.96. The van der Waals surface area contributed by atoms with Gasteiger partial charge in [-0.15, -0.1) is 0 Å². The molecule has 2 heterocycles. The summed E-state index contributed by atoms with van der Waals surface area (Å²) in [6, 6.07) is 10.9. The number of rotatable bonds is 4. The van der Waals surface area contributed by atoms with Gasteiger partial charge in [0.15, 0.2) is 10.4 Å². The number of hydrogen-bond acceptors (Lipinski definition) is 4. The minimum Gasteiger partial charge on any atom is -0.444 e. The standard InChI is InChI=1S/C17H18BrN3O3/c18-15-6-5-14(24-15)17(23)20-12-3-1-2-4-13(12)21-9-7-11(8-10-21)16(19)22/h1-6,11H,7-10H2,(H2,19,22)(H,20,23). The molecule has 3 rings (SSSR count). The van der Waals surface area contributed by atoms with Crippen LogP contribution in [0.15, 0.2) is 45.5 Å². The molecular formula is C17H18BrN3O3. The van der Waals surface area contributed by atoms with Crippen LogP contribution in [0.4, 0.5) is 11.4 Å². The van der Waals surface area contributed by atoms with E-state index in [4.69, 9.17) is 10.2 Å². The Labute approximate surface area is 148 Å². The fraction of sp³-hybridized carbons (Fsp3) is 0.294. The van der Waals surface area contributed by atoms with E-state index in [0.29, 0.717) is 10.4 Å². The molecule has 3 N–H and O–H groups in total. The number of nitrogens with two attached hydrogens (primary N) is 1. The number of carbonyl (C=O) groups is 2. The third-order valence-electron chi connectivity index (χ3n) is 4.19. The van der Waals surface area contributed by atoms with Crippen LogP contribution in [0, 0.1) is 5.92 Å². The van der Waals surface area contributed by atoms with Crippen LogP contribution in [0.2, 0.25) is 0 Å². The van der Waals surface area contributed by atoms with E-state index in [2.05, 4.69) is 26.1 Å². The number of halogens is 1. The van der Waals surface area contributed by atoms with Crippen LogP contribution in [0.1, 0.15) is 23.4 Å². The van der Waals surface area contributed by atoms with Crippen molar-refractivity contribution in [2.45, 2.75) is 12.8 Å². The molecule has 0 saturated carbocycles. The lowest BCUT2D eigenvalue weighted by Gasteiger charge is -2.33. The molecule has 1 aliphatic rings. The largest absolute Gasteiger partial charge is 0.444 e. The van der Waals surface area contributed by atoms with E-state index in [1.54, 1.807) is 12.1 Å². The van der Waals surface area contributed by atoms with Gasteiger partial charge in [0.1, 0.15) is 0 Å². The highest BCUT2D eigenvalue weighted by Gasteiger charge is 2.24. The molecular weight excluding hydrogens is 374 g/mol. The van der Waals surface area contributed by atoms with Crippen LogP contribution < -0.4 is 16.0 Å². The summed E-state index contributed by atoms with van der Waals surface area (Å²) in [5.41, 5.74) is 7.03. The van der Waals surface area contributed by atoms with Gasteiger partial charge in [-0.1, -0.05) is 12.1 Å². The number of carbonyl (C=O) groups excluding carboxylic acids is 2. The summed E-state index contributed by atoms with van der Waals surface area (Å²) in [5, 5.41) is 2.88. The van der Waals surface area contributed by atoms with Crippen molar-refractivity contribution in [1.82, 2.24) is 0 Å². The predicted molar refractivity (Wildman–Crippen MR) is 94.9 cm³/mol. The zero-order valence-corrected chi connectivity index (χ0v) is 14.6. The SMILES string of the molecule is NC(=O)C1CCN(c2ccccc2NC(=O)c2ccc(Br)o2)CC1. The quantitative estimate of drug-likeness (QED) is 0.837. The molecule has 7 heteroatoms. The van der Waals surface area contributed by atoms with E-state index in [9.17, 15) is 9.59 Å². The van der Waals surface area contributed by atoms with Crippen LogP contribution in [0.5, 0.6) is 0 Å². The number of primary amides is 1. The van der Waals surface area contributed by atoms with E-state index in [-0.39, 0.29) is 23.5 Å². The highest BCUT2D eigenvalue weighted by Crippen LogP contribution is 2.30. The van der Waals surface area contributed by atoms with E-state index >= 15 is 0 Å². The number of piperidine rings is 1. The molecule has 0 spiro atoms. The number of furan rings is 1. The highest BCUT2D eigenvalue weighted by molar-refractivity contribution is 9.10. The molecule has 6 nitrogen and oxygen atoms in total. The maximum Gasteiger partial charge on any atom is 0.291 e. The van der Waals surface area contributed by atoms with Crippen molar-refractivity contribution in [3.8, 4) is 0 Å². The summed E-state index contributed by atoms with van der Waals surface area (Å²) < 4.78 is 5.79. The molecule has 0 unspecified atom stereocenters. The molecule has 0 radical (unpaired) electrons. The number of anilines is 2. The maximum absolute atomic E-state index is 12.3. The van der Waals surface area contributed by atoms with Gasteiger partial charge >= 0.3 is 0 Å². The van der Waals surface area contributed by atoms with Gasteiger partial charge in [-0.25, -0.2) is 0 Å². The molecule has 0 atom stereocenters. The Morgan fingerprint density at radius 1 is 1.17 bits per heavy atom. The summed E-state index contributed by atoms with van der Waals surface area (Å²) >= 11 is 3.19. The van der Waals surface area contributed by atoms with E-state index in [1.807, 2.05) is 24.3 Å². The number of para-hydroxylation sites is 2. The summed E-state index contributed by atoms with van der Waals surface area (Å²) in [7, 11) is 0. The maximum atomic E-state index is 12.3. The third kappa shape index (κ3) is 3.62. The Kier molecular flexibility index (Phi) is 4.89. The Balaban J connectivity index is 1.74. The molecule has 2 aromatic rings. The molecule has 24 heavy (non-hydrogen) atoms. The second kappa shape index (κ2) is 7.09. The van der Waals surface area contributed by atoms with Crippen molar-refractivity contribution >= 4 is 39.1 Å². The minimum absolute atomic E-state index is 0.0662. The molecule has 1 aromatic carbocycles. The molecule has 2 amide bonds.